The lowest BCUT2D eigenvalue weighted by Crippen LogP contribution is -2.40. The van der Waals surface area contributed by atoms with Gasteiger partial charge < -0.3 is 10.2 Å². The Morgan fingerprint density at radius 3 is 2.76 bits per heavy atom. The molecule has 1 aliphatic rings. The van der Waals surface area contributed by atoms with Crippen molar-refractivity contribution in [3.05, 3.63) is 12.2 Å². The van der Waals surface area contributed by atoms with Gasteiger partial charge in [-0.1, -0.05) is 20.4 Å². The molecular weight excluding hydrogens is 210 g/mol. The maximum absolute atomic E-state index is 4.19. The van der Waals surface area contributed by atoms with Crippen molar-refractivity contribution in [2.75, 3.05) is 39.8 Å². The first-order valence-corrected chi connectivity index (χ1v) is 6.81. The molecule has 100 valence electrons. The molecule has 0 radical (unpaired) electrons. The average Bonchev–Trinajstić information content (AvgIpc) is 2.38. The Morgan fingerprint density at radius 1 is 1.41 bits per heavy atom. The summed E-state index contributed by atoms with van der Waals surface area (Å²) in [6.45, 7) is 16.4. The summed E-state index contributed by atoms with van der Waals surface area (Å²) < 4.78 is 0. The summed E-state index contributed by atoms with van der Waals surface area (Å²) in [7, 11) is 2.22. The summed E-state index contributed by atoms with van der Waals surface area (Å²) in [5.41, 5.74) is 1.30. The molecule has 0 bridgehead atoms. The number of nitrogens with one attached hydrogen (secondary N) is 1. The summed E-state index contributed by atoms with van der Waals surface area (Å²) in [6.07, 6.45) is 1.27. The van der Waals surface area contributed by atoms with Crippen molar-refractivity contribution in [3.8, 4) is 0 Å². The van der Waals surface area contributed by atoms with E-state index >= 15 is 0 Å². The van der Waals surface area contributed by atoms with E-state index in [2.05, 4.69) is 49.5 Å². The Bertz CT molecular complexity index is 238. The Kier molecular flexibility index (Phi) is 6.17. The fourth-order valence-electron chi connectivity index (χ4n) is 2.35. The standard InChI is InChI=1S/C14H29N3/c1-12(2)15-9-13(3)10-17-8-6-7-16(5)11-14(17)4/h12,14-15H,3,6-11H2,1-2,4-5H3. The molecule has 0 aliphatic carbocycles. The molecule has 1 fully saturated rings. The van der Waals surface area contributed by atoms with Crippen LogP contribution in [0.1, 0.15) is 27.2 Å². The Balaban J connectivity index is 2.36. The third-order valence-corrected chi connectivity index (χ3v) is 3.37. The molecule has 1 N–H and O–H groups in total. The lowest BCUT2D eigenvalue weighted by atomic mass is 10.2. The van der Waals surface area contributed by atoms with Gasteiger partial charge >= 0.3 is 0 Å². The third-order valence-electron chi connectivity index (χ3n) is 3.37. The number of rotatable bonds is 5. The van der Waals surface area contributed by atoms with Crippen LogP contribution in [0, 0.1) is 0 Å². The van der Waals surface area contributed by atoms with Gasteiger partial charge in [0.05, 0.1) is 0 Å². The molecule has 1 saturated heterocycles. The second-order valence-corrected chi connectivity index (χ2v) is 5.72. The molecule has 1 aliphatic heterocycles. The second-order valence-electron chi connectivity index (χ2n) is 5.72. The van der Waals surface area contributed by atoms with E-state index in [1.54, 1.807) is 0 Å². The van der Waals surface area contributed by atoms with Crippen LogP contribution in [0.2, 0.25) is 0 Å². The highest BCUT2D eigenvalue weighted by atomic mass is 15.2. The molecule has 0 spiro atoms. The van der Waals surface area contributed by atoms with Gasteiger partial charge in [0.15, 0.2) is 0 Å². The van der Waals surface area contributed by atoms with E-state index in [9.17, 15) is 0 Å². The van der Waals surface area contributed by atoms with Gasteiger partial charge in [0, 0.05) is 38.3 Å². The van der Waals surface area contributed by atoms with E-state index in [1.807, 2.05) is 0 Å². The van der Waals surface area contributed by atoms with Crippen LogP contribution in [-0.2, 0) is 0 Å². The van der Waals surface area contributed by atoms with Crippen molar-refractivity contribution in [2.24, 2.45) is 0 Å². The zero-order valence-electron chi connectivity index (χ0n) is 12.0. The van der Waals surface area contributed by atoms with Crippen LogP contribution >= 0.6 is 0 Å². The average molecular weight is 239 g/mol. The lowest BCUT2D eigenvalue weighted by Gasteiger charge is -2.28. The van der Waals surface area contributed by atoms with Crippen molar-refractivity contribution >= 4 is 0 Å². The molecule has 1 unspecified atom stereocenters. The molecule has 1 rings (SSSR count). The zero-order chi connectivity index (χ0) is 12.8. The SMILES string of the molecule is C=C(CNC(C)C)CN1CCCN(C)CC1C. The monoisotopic (exact) mass is 239 g/mol. The minimum Gasteiger partial charge on any atom is -0.311 e. The fourth-order valence-corrected chi connectivity index (χ4v) is 2.35. The van der Waals surface area contributed by atoms with Gasteiger partial charge in [-0.25, -0.2) is 0 Å². The highest BCUT2D eigenvalue weighted by molar-refractivity contribution is 5.01. The molecule has 3 heteroatoms. The van der Waals surface area contributed by atoms with Crippen molar-refractivity contribution in [2.45, 2.75) is 39.3 Å². The first kappa shape index (κ1) is 14.7. The summed E-state index contributed by atoms with van der Waals surface area (Å²) in [5.74, 6) is 0. The molecule has 0 aromatic heterocycles. The van der Waals surface area contributed by atoms with Gasteiger partial charge in [-0.05, 0) is 32.5 Å². The van der Waals surface area contributed by atoms with Crippen LogP contribution in [0.5, 0.6) is 0 Å². The maximum Gasteiger partial charge on any atom is 0.0206 e. The highest BCUT2D eigenvalue weighted by Gasteiger charge is 2.19. The topological polar surface area (TPSA) is 18.5 Å². The molecule has 0 amide bonds. The van der Waals surface area contributed by atoms with Crippen LogP contribution in [0.25, 0.3) is 0 Å². The molecule has 0 aromatic carbocycles. The smallest absolute Gasteiger partial charge is 0.0206 e. The van der Waals surface area contributed by atoms with Crippen molar-refractivity contribution in [1.29, 1.82) is 0 Å². The van der Waals surface area contributed by atoms with E-state index in [1.165, 1.54) is 31.6 Å². The number of nitrogens with zero attached hydrogens (tertiary/aromatic N) is 2. The molecule has 17 heavy (non-hydrogen) atoms. The summed E-state index contributed by atoms with van der Waals surface area (Å²) in [5, 5.41) is 3.44. The van der Waals surface area contributed by atoms with Gasteiger partial charge in [-0.15, -0.1) is 0 Å². The number of hydrogen-bond acceptors (Lipinski definition) is 3. The lowest BCUT2D eigenvalue weighted by molar-refractivity contribution is 0.216. The van der Waals surface area contributed by atoms with Crippen molar-refractivity contribution in [3.63, 3.8) is 0 Å². The zero-order valence-corrected chi connectivity index (χ0v) is 12.0. The predicted octanol–water partition coefficient (Wildman–Crippen LogP) is 1.57. The molecule has 0 saturated carbocycles. The van der Waals surface area contributed by atoms with Crippen LogP contribution in [0.15, 0.2) is 12.2 Å². The van der Waals surface area contributed by atoms with Crippen LogP contribution < -0.4 is 5.32 Å². The van der Waals surface area contributed by atoms with Crippen molar-refractivity contribution < 1.29 is 0 Å². The molecule has 3 nitrogen and oxygen atoms in total. The van der Waals surface area contributed by atoms with Crippen LogP contribution in [-0.4, -0.2) is 61.7 Å². The largest absolute Gasteiger partial charge is 0.311 e. The Morgan fingerprint density at radius 2 is 2.12 bits per heavy atom. The van der Waals surface area contributed by atoms with Gasteiger partial charge in [-0.3, -0.25) is 4.90 Å². The minimum atomic E-state index is 0.541. The number of likely N-dealkylation sites (N-methyl/N-ethyl adjacent to an activating group) is 1. The quantitative estimate of drug-likeness (QED) is 0.735. The van der Waals surface area contributed by atoms with Gasteiger partial charge in [0.1, 0.15) is 0 Å². The van der Waals surface area contributed by atoms with E-state index < -0.39 is 0 Å². The second kappa shape index (κ2) is 7.14. The Hall–Kier alpha value is -0.380. The summed E-state index contributed by atoms with van der Waals surface area (Å²) in [4.78, 5) is 4.99. The van der Waals surface area contributed by atoms with Gasteiger partial charge in [0.2, 0.25) is 0 Å². The maximum atomic E-state index is 4.19. The number of hydrogen-bond donors (Lipinski definition) is 1. The van der Waals surface area contributed by atoms with E-state index in [-0.39, 0.29) is 0 Å². The minimum absolute atomic E-state index is 0.541. The third kappa shape index (κ3) is 5.66. The first-order chi connectivity index (χ1) is 7.99. The predicted molar refractivity (Wildman–Crippen MR) is 75.4 cm³/mol. The van der Waals surface area contributed by atoms with E-state index in [0.29, 0.717) is 12.1 Å². The Labute approximate surface area is 107 Å². The first-order valence-electron chi connectivity index (χ1n) is 6.81. The van der Waals surface area contributed by atoms with Crippen LogP contribution in [0.4, 0.5) is 0 Å². The molecule has 1 heterocycles. The molecule has 0 aromatic rings. The van der Waals surface area contributed by atoms with E-state index in [0.717, 1.165) is 13.1 Å². The fraction of sp³-hybridized carbons (Fsp3) is 0.857. The normalized spacial score (nSPS) is 23.9. The van der Waals surface area contributed by atoms with Crippen molar-refractivity contribution in [1.82, 2.24) is 15.1 Å². The van der Waals surface area contributed by atoms with Gasteiger partial charge in [0.25, 0.3) is 0 Å². The molecular formula is C14H29N3. The van der Waals surface area contributed by atoms with Gasteiger partial charge in [-0.2, -0.15) is 0 Å². The summed E-state index contributed by atoms with van der Waals surface area (Å²) >= 11 is 0. The highest BCUT2D eigenvalue weighted by Crippen LogP contribution is 2.10. The van der Waals surface area contributed by atoms with Crippen LogP contribution in [0.3, 0.4) is 0 Å². The van der Waals surface area contributed by atoms with E-state index in [4.69, 9.17) is 0 Å². The summed E-state index contributed by atoms with van der Waals surface area (Å²) in [6, 6.07) is 1.18. The molecule has 1 atom stereocenters.